The monoisotopic (exact) mass is 658 g/mol. The van der Waals surface area contributed by atoms with Crippen molar-refractivity contribution in [2.45, 2.75) is 43.9 Å². The van der Waals surface area contributed by atoms with E-state index in [0.717, 1.165) is 30.3 Å². The first kappa shape index (κ1) is 29.8. The molecule has 2 saturated heterocycles. The van der Waals surface area contributed by atoms with Crippen LogP contribution in [-0.2, 0) is 0 Å². The first-order chi connectivity index (χ1) is 22.7. The summed E-state index contributed by atoms with van der Waals surface area (Å²) in [6, 6.07) is 12.5. The molecule has 0 amide bonds. The molecule has 3 aliphatic heterocycles. The number of nitrogens with zero attached hydrogens (tertiary/aromatic N) is 6. The molecular formula is C34H33ClF2N8O2. The Bertz CT molecular complexity index is 2050. The Morgan fingerprint density at radius 1 is 1.15 bits per heavy atom. The zero-order valence-corrected chi connectivity index (χ0v) is 26.5. The van der Waals surface area contributed by atoms with Crippen LogP contribution >= 0.6 is 11.6 Å². The third-order valence-corrected chi connectivity index (χ3v) is 10.2. The fraction of sp³-hybridized carbons (Fsp3) is 0.353. The topological polar surface area (TPSA) is 129 Å². The number of anilines is 3. The highest BCUT2D eigenvalue weighted by molar-refractivity contribution is 6.37. The summed E-state index contributed by atoms with van der Waals surface area (Å²) in [6.45, 7) is 3.91. The minimum Gasteiger partial charge on any atom is -0.489 e. The number of hydrogen-bond donors (Lipinski definition) is 2. The highest BCUT2D eigenvalue weighted by Gasteiger charge is 2.49. The molecule has 8 rings (SSSR count). The van der Waals surface area contributed by atoms with Gasteiger partial charge in [-0.1, -0.05) is 41.9 Å². The fourth-order valence-electron chi connectivity index (χ4n) is 7.59. The minimum absolute atomic E-state index is 0.0166. The Labute approximate surface area is 274 Å². The average molecular weight is 659 g/mol. The molecule has 3 aliphatic rings. The average Bonchev–Trinajstić information content (AvgIpc) is 3.51. The Hall–Kier alpha value is -4.55. The molecule has 47 heavy (non-hydrogen) atoms. The van der Waals surface area contributed by atoms with E-state index in [2.05, 4.69) is 19.9 Å². The second kappa shape index (κ2) is 11.3. The van der Waals surface area contributed by atoms with Gasteiger partial charge in [0.1, 0.15) is 42.4 Å². The molecule has 2 fully saturated rings. The minimum atomic E-state index is -0.926. The van der Waals surface area contributed by atoms with Crippen molar-refractivity contribution in [3.8, 4) is 23.0 Å². The normalized spacial score (nSPS) is 21.5. The lowest BCUT2D eigenvalue weighted by Gasteiger charge is -2.32. The lowest BCUT2D eigenvalue weighted by atomic mass is 9.95. The Morgan fingerprint density at radius 2 is 2.00 bits per heavy atom. The number of benzene rings is 2. The molecule has 6 heterocycles. The molecule has 3 atom stereocenters. The number of pyridine rings is 2. The summed E-state index contributed by atoms with van der Waals surface area (Å²) < 4.78 is 44.3. The van der Waals surface area contributed by atoms with Gasteiger partial charge in [-0.3, -0.25) is 4.90 Å². The van der Waals surface area contributed by atoms with Crippen LogP contribution in [0, 0.1) is 5.82 Å². The van der Waals surface area contributed by atoms with Gasteiger partial charge in [0.2, 0.25) is 0 Å². The number of halogens is 3. The molecule has 0 spiro atoms. The van der Waals surface area contributed by atoms with Crippen molar-refractivity contribution >= 4 is 50.7 Å². The summed E-state index contributed by atoms with van der Waals surface area (Å²) >= 11 is 7.07. The van der Waals surface area contributed by atoms with Gasteiger partial charge >= 0.3 is 6.01 Å². The molecule has 0 radical (unpaired) electrons. The maximum absolute atomic E-state index is 17.2. The third-order valence-electron chi connectivity index (χ3n) is 9.81. The van der Waals surface area contributed by atoms with Crippen LogP contribution in [0.1, 0.15) is 37.8 Å². The van der Waals surface area contributed by atoms with Gasteiger partial charge in [0.25, 0.3) is 0 Å². The van der Waals surface area contributed by atoms with Crippen molar-refractivity contribution in [3.05, 3.63) is 65.1 Å². The zero-order chi connectivity index (χ0) is 32.4. The largest absolute Gasteiger partial charge is 0.489 e. The summed E-state index contributed by atoms with van der Waals surface area (Å²) in [7, 11) is 0. The van der Waals surface area contributed by atoms with E-state index in [1.807, 2.05) is 48.2 Å². The van der Waals surface area contributed by atoms with Crippen molar-refractivity contribution < 1.29 is 18.3 Å². The molecule has 5 aromatic rings. The summed E-state index contributed by atoms with van der Waals surface area (Å²) in [5.74, 6) is 0.481. The Kier molecular flexibility index (Phi) is 7.17. The second-order valence-electron chi connectivity index (χ2n) is 12.6. The number of ether oxygens (including phenoxy) is 2. The Balaban J connectivity index is 1.34. The fourth-order valence-corrected chi connectivity index (χ4v) is 7.91. The quantitative estimate of drug-likeness (QED) is 0.220. The summed E-state index contributed by atoms with van der Waals surface area (Å²) in [5, 5.41) is 1.78. The van der Waals surface area contributed by atoms with Gasteiger partial charge in [0, 0.05) is 30.1 Å². The number of alkyl halides is 1. The molecule has 13 heteroatoms. The maximum atomic E-state index is 17.2. The standard InChI is InChI=1S/C34H33ClF2N8O2/c1-18(21-8-4-10-40-31(21)39)45-12-13-46-30-25-29(27(37)24(26(30)35)28-22-7-3-2-6-19(22)14-23(38)41-28)42-33(43-32(25)45)47-17-34-9-5-11-44(34)16-20(36)15-34/h2-4,6-8,10,14,18,20H,5,9,11-13,15-17H2,1H3,(H2,38,41)(H2,39,40)/t18-,20-,34+/m1/s1. The van der Waals surface area contributed by atoms with Gasteiger partial charge in [-0.05, 0) is 43.8 Å². The third kappa shape index (κ3) is 4.84. The van der Waals surface area contributed by atoms with E-state index < -0.39 is 17.5 Å². The van der Waals surface area contributed by atoms with Crippen molar-refractivity contribution in [1.29, 1.82) is 0 Å². The van der Waals surface area contributed by atoms with E-state index >= 15 is 4.39 Å². The van der Waals surface area contributed by atoms with Crippen LogP contribution < -0.4 is 25.8 Å². The molecular weight excluding hydrogens is 626 g/mol. The van der Waals surface area contributed by atoms with E-state index in [0.29, 0.717) is 41.9 Å². The molecule has 242 valence electrons. The first-order valence-corrected chi connectivity index (χ1v) is 16.1. The number of nitrogen functional groups attached to an aromatic ring is 2. The van der Waals surface area contributed by atoms with E-state index in [1.165, 1.54) is 0 Å². The molecule has 10 nitrogen and oxygen atoms in total. The van der Waals surface area contributed by atoms with Crippen molar-refractivity contribution in [3.63, 3.8) is 0 Å². The molecule has 0 aliphatic carbocycles. The van der Waals surface area contributed by atoms with Gasteiger partial charge in [-0.2, -0.15) is 9.97 Å². The highest BCUT2D eigenvalue weighted by atomic mass is 35.5. The van der Waals surface area contributed by atoms with Gasteiger partial charge in [-0.25, -0.2) is 18.7 Å². The second-order valence-corrected chi connectivity index (χ2v) is 12.9. The Morgan fingerprint density at radius 3 is 2.85 bits per heavy atom. The molecule has 2 aromatic carbocycles. The number of hydrogen-bond acceptors (Lipinski definition) is 10. The van der Waals surface area contributed by atoms with Crippen molar-refractivity contribution in [2.75, 3.05) is 49.2 Å². The number of fused-ring (bicyclic) bond motifs is 2. The predicted octanol–water partition coefficient (Wildman–Crippen LogP) is 6.11. The lowest BCUT2D eigenvalue weighted by molar-refractivity contribution is 0.107. The number of rotatable bonds is 6. The number of nitrogens with two attached hydrogens (primary N) is 2. The van der Waals surface area contributed by atoms with Crippen LogP contribution in [0.15, 0.2) is 48.7 Å². The highest BCUT2D eigenvalue weighted by Crippen LogP contribution is 2.50. The molecule has 0 saturated carbocycles. The van der Waals surface area contributed by atoms with Gasteiger partial charge < -0.3 is 25.8 Å². The summed E-state index contributed by atoms with van der Waals surface area (Å²) in [6.07, 6.45) is 2.83. The molecule has 0 bridgehead atoms. The van der Waals surface area contributed by atoms with Gasteiger partial charge in [0.15, 0.2) is 11.6 Å². The van der Waals surface area contributed by atoms with E-state index in [-0.39, 0.29) is 58.6 Å². The maximum Gasteiger partial charge on any atom is 0.319 e. The number of aromatic nitrogens is 4. The zero-order valence-electron chi connectivity index (χ0n) is 25.7. The van der Waals surface area contributed by atoms with Crippen LogP contribution in [0.5, 0.6) is 11.8 Å². The van der Waals surface area contributed by atoms with Gasteiger partial charge in [-0.15, -0.1) is 0 Å². The van der Waals surface area contributed by atoms with Crippen LogP contribution in [0.2, 0.25) is 5.02 Å². The van der Waals surface area contributed by atoms with E-state index in [9.17, 15) is 4.39 Å². The molecule has 3 aromatic heterocycles. The van der Waals surface area contributed by atoms with Crippen molar-refractivity contribution in [2.24, 2.45) is 0 Å². The lowest BCUT2D eigenvalue weighted by Crippen LogP contribution is -2.43. The first-order valence-electron chi connectivity index (χ1n) is 15.7. The smallest absolute Gasteiger partial charge is 0.319 e. The molecule has 0 unspecified atom stereocenters. The van der Waals surface area contributed by atoms with Crippen molar-refractivity contribution in [1.82, 2.24) is 24.8 Å². The summed E-state index contributed by atoms with van der Waals surface area (Å²) in [4.78, 5) is 22.4. The van der Waals surface area contributed by atoms with E-state index in [4.69, 9.17) is 37.5 Å². The SMILES string of the molecule is C[C@H](c1cccnc1N)N1CCOc2c(Cl)c(-c3nc(N)cc4ccccc34)c(F)c3nc(OC[C@@]45CCCN4C[C@H](F)C5)nc1c23. The van der Waals surface area contributed by atoms with Crippen LogP contribution in [-0.4, -0.2) is 69.4 Å². The predicted molar refractivity (Wildman–Crippen MR) is 178 cm³/mol. The van der Waals surface area contributed by atoms with Crippen LogP contribution in [0.3, 0.4) is 0 Å². The summed E-state index contributed by atoms with van der Waals surface area (Å²) in [5.41, 5.74) is 13.1. The van der Waals surface area contributed by atoms with Crippen LogP contribution in [0.4, 0.5) is 26.2 Å². The molecule has 4 N–H and O–H groups in total. The van der Waals surface area contributed by atoms with E-state index in [1.54, 1.807) is 12.3 Å². The van der Waals surface area contributed by atoms with Crippen LogP contribution in [0.25, 0.3) is 32.9 Å². The van der Waals surface area contributed by atoms with Gasteiger partial charge in [0.05, 0.1) is 39.8 Å².